The zero-order valence-electron chi connectivity index (χ0n) is 33.1. The molecule has 0 saturated heterocycles. The number of thiophene rings is 1. The zero-order valence-corrected chi connectivity index (χ0v) is 33.9. The Labute approximate surface area is 359 Å². The summed E-state index contributed by atoms with van der Waals surface area (Å²) < 4.78 is 2.40. The van der Waals surface area contributed by atoms with Crippen molar-refractivity contribution in [1.29, 1.82) is 0 Å². The van der Waals surface area contributed by atoms with Gasteiger partial charge in [0.15, 0.2) is 17.5 Å². The number of rotatable bonds is 8. The van der Waals surface area contributed by atoms with Gasteiger partial charge in [-0.25, -0.2) is 15.0 Å². The molecule has 0 amide bonds. The number of aromatic nitrogens is 3. The maximum absolute atomic E-state index is 5.31. The van der Waals surface area contributed by atoms with Gasteiger partial charge in [-0.2, -0.15) is 0 Å². The standard InChI is InChI=1S/C57H37N3S/c1-5-17-38(18-6-1)39-31-33-41(34-32-39)46-27-15-28-47(53(46)42-21-9-3-10-22-42)44-35-36-51-50(37-44)54-49(29-16-30-52(54)61-51)57-59-55(43-23-11-4-12-24-43)58-56(60-57)48-26-14-13-25-45(48)40-19-7-2-8-20-40/h1-37H. The Morgan fingerprint density at radius 1 is 0.262 bits per heavy atom. The Hall–Kier alpha value is -7.79. The Bertz CT molecular complexity index is 3320. The van der Waals surface area contributed by atoms with Crippen LogP contribution >= 0.6 is 11.3 Å². The van der Waals surface area contributed by atoms with Crippen molar-refractivity contribution in [2.24, 2.45) is 0 Å². The Kier molecular flexibility index (Phi) is 9.38. The van der Waals surface area contributed by atoms with E-state index in [0.717, 1.165) is 38.8 Å². The van der Waals surface area contributed by atoms with E-state index < -0.39 is 0 Å². The van der Waals surface area contributed by atoms with Gasteiger partial charge in [-0.05, 0) is 73.8 Å². The summed E-state index contributed by atoms with van der Waals surface area (Å²) in [6.07, 6.45) is 0. The highest BCUT2D eigenvalue weighted by Gasteiger charge is 2.20. The monoisotopic (exact) mass is 795 g/mol. The molecule has 0 N–H and O–H groups in total. The molecule has 9 aromatic carbocycles. The number of hydrogen-bond acceptors (Lipinski definition) is 4. The van der Waals surface area contributed by atoms with Crippen molar-refractivity contribution in [2.75, 3.05) is 0 Å². The van der Waals surface area contributed by atoms with E-state index in [-0.39, 0.29) is 0 Å². The molecule has 61 heavy (non-hydrogen) atoms. The van der Waals surface area contributed by atoms with Crippen molar-refractivity contribution < 1.29 is 0 Å². The molecule has 0 bridgehead atoms. The van der Waals surface area contributed by atoms with E-state index >= 15 is 0 Å². The van der Waals surface area contributed by atoms with Gasteiger partial charge in [-0.1, -0.05) is 206 Å². The Morgan fingerprint density at radius 2 is 0.705 bits per heavy atom. The normalized spacial score (nSPS) is 11.3. The van der Waals surface area contributed by atoms with Gasteiger partial charge >= 0.3 is 0 Å². The second-order valence-corrected chi connectivity index (χ2v) is 16.2. The molecule has 11 aromatic rings. The minimum Gasteiger partial charge on any atom is -0.208 e. The molecule has 4 heteroatoms. The van der Waals surface area contributed by atoms with Gasteiger partial charge in [0.1, 0.15) is 0 Å². The van der Waals surface area contributed by atoms with Crippen molar-refractivity contribution >= 4 is 31.5 Å². The molecule has 0 atom stereocenters. The molecule has 3 nitrogen and oxygen atoms in total. The lowest BCUT2D eigenvalue weighted by Gasteiger charge is -2.17. The lowest BCUT2D eigenvalue weighted by molar-refractivity contribution is 1.08. The third-order valence-corrected chi connectivity index (χ3v) is 12.5. The van der Waals surface area contributed by atoms with Gasteiger partial charge in [0.05, 0.1) is 0 Å². The zero-order chi connectivity index (χ0) is 40.5. The molecule has 2 heterocycles. The van der Waals surface area contributed by atoms with Crippen LogP contribution in [-0.4, -0.2) is 15.0 Å². The molecule has 0 saturated carbocycles. The first-order chi connectivity index (χ1) is 30.2. The van der Waals surface area contributed by atoms with Crippen LogP contribution in [0.5, 0.6) is 0 Å². The summed E-state index contributed by atoms with van der Waals surface area (Å²) in [5.41, 5.74) is 14.6. The Balaban J connectivity index is 1.09. The molecule has 0 aliphatic heterocycles. The number of hydrogen-bond donors (Lipinski definition) is 0. The van der Waals surface area contributed by atoms with Crippen molar-refractivity contribution in [2.45, 2.75) is 0 Å². The molecule has 0 fully saturated rings. The fourth-order valence-corrected chi connectivity index (χ4v) is 9.60. The highest BCUT2D eigenvalue weighted by Crippen LogP contribution is 2.45. The Morgan fingerprint density at radius 3 is 1.39 bits per heavy atom. The second-order valence-electron chi connectivity index (χ2n) is 15.1. The van der Waals surface area contributed by atoms with Crippen molar-refractivity contribution in [3.8, 4) is 89.8 Å². The van der Waals surface area contributed by atoms with Gasteiger partial charge in [-0.15, -0.1) is 11.3 Å². The van der Waals surface area contributed by atoms with E-state index in [9.17, 15) is 0 Å². The highest BCUT2D eigenvalue weighted by molar-refractivity contribution is 7.26. The number of fused-ring (bicyclic) bond motifs is 3. The van der Waals surface area contributed by atoms with Crippen LogP contribution in [0.1, 0.15) is 0 Å². The molecule has 286 valence electrons. The van der Waals surface area contributed by atoms with Crippen LogP contribution in [0.2, 0.25) is 0 Å². The molecular weight excluding hydrogens is 759 g/mol. The maximum Gasteiger partial charge on any atom is 0.164 e. The van der Waals surface area contributed by atoms with E-state index in [2.05, 4.69) is 200 Å². The van der Waals surface area contributed by atoms with E-state index in [1.807, 2.05) is 24.3 Å². The molecule has 0 spiro atoms. The molecule has 2 aromatic heterocycles. The SMILES string of the molecule is c1ccc(-c2ccc(-c3cccc(-c4ccc5sc6cccc(-c7nc(-c8ccccc8)nc(-c8ccccc8-c8ccccc8)n7)c6c5c4)c3-c3ccccc3)cc2)cc1. The average molecular weight is 796 g/mol. The van der Waals surface area contributed by atoms with Crippen LogP contribution in [0.4, 0.5) is 0 Å². The fourth-order valence-electron chi connectivity index (χ4n) is 8.48. The molecular formula is C57H37N3S. The molecule has 0 unspecified atom stereocenters. The van der Waals surface area contributed by atoms with E-state index in [1.165, 1.54) is 53.7 Å². The van der Waals surface area contributed by atoms with Crippen LogP contribution < -0.4 is 0 Å². The average Bonchev–Trinajstić information content (AvgIpc) is 3.73. The van der Waals surface area contributed by atoms with Gasteiger partial charge < -0.3 is 0 Å². The van der Waals surface area contributed by atoms with Gasteiger partial charge in [0, 0.05) is 36.9 Å². The highest BCUT2D eigenvalue weighted by atomic mass is 32.1. The summed E-state index contributed by atoms with van der Waals surface area (Å²) in [5.74, 6) is 1.93. The summed E-state index contributed by atoms with van der Waals surface area (Å²) >= 11 is 1.80. The first-order valence-corrected chi connectivity index (χ1v) is 21.3. The minimum atomic E-state index is 0.640. The van der Waals surface area contributed by atoms with Crippen LogP contribution in [0.15, 0.2) is 224 Å². The second kappa shape index (κ2) is 15.8. The van der Waals surface area contributed by atoms with Crippen molar-refractivity contribution in [1.82, 2.24) is 15.0 Å². The van der Waals surface area contributed by atoms with Crippen LogP contribution in [-0.2, 0) is 0 Å². The fraction of sp³-hybridized carbons (Fsp3) is 0. The van der Waals surface area contributed by atoms with Crippen molar-refractivity contribution in [3.05, 3.63) is 224 Å². The number of nitrogens with zero attached hydrogens (tertiary/aromatic N) is 3. The van der Waals surface area contributed by atoms with Gasteiger partial charge in [-0.3, -0.25) is 0 Å². The maximum atomic E-state index is 5.31. The number of benzene rings is 9. The molecule has 11 rings (SSSR count). The molecule has 0 aliphatic rings. The quantitative estimate of drug-likeness (QED) is 0.154. The van der Waals surface area contributed by atoms with E-state index in [4.69, 9.17) is 15.0 Å². The predicted molar refractivity (Wildman–Crippen MR) is 256 cm³/mol. The summed E-state index contributed by atoms with van der Waals surface area (Å²) in [6.45, 7) is 0. The van der Waals surface area contributed by atoms with Crippen LogP contribution in [0, 0.1) is 0 Å². The molecule has 0 radical (unpaired) electrons. The lowest BCUT2D eigenvalue weighted by atomic mass is 9.87. The largest absolute Gasteiger partial charge is 0.208 e. The van der Waals surface area contributed by atoms with Gasteiger partial charge in [0.25, 0.3) is 0 Å². The predicted octanol–water partition coefficient (Wildman–Crippen LogP) is 15.6. The van der Waals surface area contributed by atoms with Crippen LogP contribution in [0.3, 0.4) is 0 Å². The van der Waals surface area contributed by atoms with Crippen molar-refractivity contribution in [3.63, 3.8) is 0 Å². The topological polar surface area (TPSA) is 38.7 Å². The third-order valence-electron chi connectivity index (χ3n) is 11.4. The molecule has 0 aliphatic carbocycles. The van der Waals surface area contributed by atoms with Crippen LogP contribution in [0.25, 0.3) is 110 Å². The lowest BCUT2D eigenvalue weighted by Crippen LogP contribution is -2.01. The first-order valence-electron chi connectivity index (χ1n) is 20.5. The summed E-state index contributed by atoms with van der Waals surface area (Å²) in [7, 11) is 0. The van der Waals surface area contributed by atoms with E-state index in [0.29, 0.717) is 17.5 Å². The smallest absolute Gasteiger partial charge is 0.164 e. The third kappa shape index (κ3) is 6.89. The summed E-state index contributed by atoms with van der Waals surface area (Å²) in [5, 5.41) is 2.32. The minimum absolute atomic E-state index is 0.640. The van der Waals surface area contributed by atoms with Gasteiger partial charge in [0.2, 0.25) is 0 Å². The summed E-state index contributed by atoms with van der Waals surface area (Å²) in [6, 6.07) is 79.4. The first kappa shape index (κ1) is 36.3. The van der Waals surface area contributed by atoms with E-state index in [1.54, 1.807) is 11.3 Å². The summed E-state index contributed by atoms with van der Waals surface area (Å²) in [4.78, 5) is 15.7.